The van der Waals surface area contributed by atoms with Crippen molar-refractivity contribution in [1.82, 2.24) is 0 Å². The van der Waals surface area contributed by atoms with E-state index in [1.54, 1.807) is 19.1 Å². The molecule has 5 heteroatoms. The molecule has 0 spiro atoms. The van der Waals surface area contributed by atoms with E-state index in [1.807, 2.05) is 32.0 Å². The Hall–Kier alpha value is -2.01. The van der Waals surface area contributed by atoms with E-state index in [-0.39, 0.29) is 4.90 Å². The number of nitrogens with one attached hydrogen (secondary N) is 1. The molecule has 0 unspecified atom stereocenters. The number of anilines is 2. The molecular weight excluding hydrogens is 272 g/mol. The fourth-order valence-electron chi connectivity index (χ4n) is 2.14. The van der Waals surface area contributed by atoms with E-state index in [1.165, 1.54) is 6.07 Å². The highest BCUT2D eigenvalue weighted by Gasteiger charge is 2.18. The van der Waals surface area contributed by atoms with Crippen molar-refractivity contribution in [2.75, 3.05) is 10.5 Å². The zero-order chi connectivity index (χ0) is 14.9. The molecule has 0 saturated carbocycles. The van der Waals surface area contributed by atoms with E-state index < -0.39 is 10.0 Å². The Balaban J connectivity index is 2.46. The number of nitrogens with two attached hydrogens (primary N) is 1. The first-order valence-corrected chi connectivity index (χ1v) is 7.75. The Bertz CT molecular complexity index is 732. The van der Waals surface area contributed by atoms with Gasteiger partial charge in [0.2, 0.25) is 0 Å². The Morgan fingerprint density at radius 3 is 2.10 bits per heavy atom. The minimum absolute atomic E-state index is 0.245. The van der Waals surface area contributed by atoms with Gasteiger partial charge < -0.3 is 5.73 Å². The molecule has 0 aliphatic carbocycles. The summed E-state index contributed by atoms with van der Waals surface area (Å²) in [7, 11) is -3.61. The minimum atomic E-state index is -3.61. The average Bonchev–Trinajstić information content (AvgIpc) is 2.33. The van der Waals surface area contributed by atoms with Crippen LogP contribution in [-0.2, 0) is 10.0 Å². The van der Waals surface area contributed by atoms with Crippen LogP contribution in [0.5, 0.6) is 0 Å². The van der Waals surface area contributed by atoms with Crippen molar-refractivity contribution >= 4 is 21.4 Å². The molecule has 106 valence electrons. The lowest BCUT2D eigenvalue weighted by atomic mass is 10.1. The summed E-state index contributed by atoms with van der Waals surface area (Å²) >= 11 is 0. The summed E-state index contributed by atoms with van der Waals surface area (Å²) in [5.74, 6) is 0. The molecule has 0 aromatic heterocycles. The maximum absolute atomic E-state index is 12.5. The molecular formula is C15H18N2O2S. The van der Waals surface area contributed by atoms with Crippen LogP contribution in [-0.4, -0.2) is 8.42 Å². The van der Waals surface area contributed by atoms with Gasteiger partial charge in [-0.2, -0.15) is 0 Å². The molecule has 2 rings (SSSR count). The van der Waals surface area contributed by atoms with Gasteiger partial charge in [-0.15, -0.1) is 0 Å². The number of nitrogen functional groups attached to an aromatic ring is 1. The summed E-state index contributed by atoms with van der Waals surface area (Å²) in [6.45, 7) is 5.48. The summed E-state index contributed by atoms with van der Waals surface area (Å²) in [6, 6.07) is 10.4. The van der Waals surface area contributed by atoms with E-state index in [0.29, 0.717) is 16.9 Å². The first-order valence-electron chi connectivity index (χ1n) is 6.26. The number of sulfonamides is 1. The van der Waals surface area contributed by atoms with Gasteiger partial charge in [0.25, 0.3) is 10.0 Å². The lowest BCUT2D eigenvalue weighted by Gasteiger charge is -2.14. The molecule has 0 amide bonds. The highest BCUT2D eigenvalue weighted by Crippen LogP contribution is 2.25. The molecule has 0 fully saturated rings. The zero-order valence-electron chi connectivity index (χ0n) is 11.8. The zero-order valence-corrected chi connectivity index (χ0v) is 12.6. The molecule has 0 bridgehead atoms. The van der Waals surface area contributed by atoms with E-state index in [2.05, 4.69) is 4.72 Å². The van der Waals surface area contributed by atoms with Crippen LogP contribution in [0.2, 0.25) is 0 Å². The third-order valence-electron chi connectivity index (χ3n) is 3.21. The predicted octanol–water partition coefficient (Wildman–Crippen LogP) is 2.99. The van der Waals surface area contributed by atoms with E-state index in [0.717, 1.165) is 11.1 Å². The van der Waals surface area contributed by atoms with Crippen molar-refractivity contribution < 1.29 is 8.42 Å². The molecule has 2 aromatic rings. The van der Waals surface area contributed by atoms with Crippen molar-refractivity contribution in [3.05, 3.63) is 53.1 Å². The molecule has 3 N–H and O–H groups in total. The highest BCUT2D eigenvalue weighted by molar-refractivity contribution is 7.92. The van der Waals surface area contributed by atoms with Crippen LogP contribution in [0, 0.1) is 20.8 Å². The van der Waals surface area contributed by atoms with Crippen molar-refractivity contribution in [2.45, 2.75) is 25.7 Å². The third kappa shape index (κ3) is 2.77. The quantitative estimate of drug-likeness (QED) is 0.854. The highest BCUT2D eigenvalue weighted by atomic mass is 32.2. The maximum atomic E-state index is 12.5. The normalized spacial score (nSPS) is 11.3. The Morgan fingerprint density at radius 1 is 0.950 bits per heavy atom. The van der Waals surface area contributed by atoms with Gasteiger partial charge in [0.05, 0.1) is 10.6 Å². The molecule has 0 radical (unpaired) electrons. The van der Waals surface area contributed by atoms with Crippen LogP contribution >= 0.6 is 0 Å². The van der Waals surface area contributed by atoms with Crippen LogP contribution in [0.3, 0.4) is 0 Å². The molecule has 0 heterocycles. The smallest absolute Gasteiger partial charge is 0.262 e. The second-order valence-corrected chi connectivity index (χ2v) is 6.55. The fraction of sp³-hybridized carbons (Fsp3) is 0.200. The van der Waals surface area contributed by atoms with Gasteiger partial charge in [0.1, 0.15) is 0 Å². The Kier molecular flexibility index (Phi) is 3.72. The second-order valence-electron chi connectivity index (χ2n) is 4.90. The van der Waals surface area contributed by atoms with Crippen LogP contribution in [0.4, 0.5) is 11.4 Å². The van der Waals surface area contributed by atoms with E-state index in [4.69, 9.17) is 5.73 Å². The maximum Gasteiger partial charge on any atom is 0.262 e. The standard InChI is InChI=1S/C15H18N2O2S/c1-10-5-4-6-11(2)15(10)17-20(18,19)14-8-7-13(16)9-12(14)3/h4-9,17H,16H2,1-3H3. The fourth-order valence-corrected chi connectivity index (χ4v) is 3.57. The molecule has 0 aliphatic rings. The summed E-state index contributed by atoms with van der Waals surface area (Å²) < 4.78 is 27.6. The van der Waals surface area contributed by atoms with Gasteiger partial charge in [-0.3, -0.25) is 4.72 Å². The molecule has 4 nitrogen and oxygen atoms in total. The second kappa shape index (κ2) is 5.17. The first-order chi connectivity index (χ1) is 9.31. The topological polar surface area (TPSA) is 72.2 Å². The molecule has 0 aliphatic heterocycles. The Labute approximate surface area is 119 Å². The summed E-state index contributed by atoms with van der Waals surface area (Å²) in [4.78, 5) is 0.245. The number of benzene rings is 2. The lowest BCUT2D eigenvalue weighted by molar-refractivity contribution is 0.600. The number of hydrogen-bond donors (Lipinski definition) is 2. The van der Waals surface area contributed by atoms with Gasteiger partial charge in [-0.05, 0) is 55.7 Å². The number of para-hydroxylation sites is 1. The lowest BCUT2D eigenvalue weighted by Crippen LogP contribution is -2.16. The van der Waals surface area contributed by atoms with E-state index in [9.17, 15) is 8.42 Å². The SMILES string of the molecule is Cc1cc(N)ccc1S(=O)(=O)Nc1c(C)cccc1C. The molecule has 2 aromatic carbocycles. The summed E-state index contributed by atoms with van der Waals surface area (Å²) in [6.07, 6.45) is 0. The number of hydrogen-bond acceptors (Lipinski definition) is 3. The molecule has 20 heavy (non-hydrogen) atoms. The van der Waals surface area contributed by atoms with Gasteiger partial charge in [-0.25, -0.2) is 8.42 Å². The third-order valence-corrected chi connectivity index (χ3v) is 4.72. The van der Waals surface area contributed by atoms with Crippen LogP contribution in [0.15, 0.2) is 41.3 Å². The first kappa shape index (κ1) is 14.4. The van der Waals surface area contributed by atoms with Crippen molar-refractivity contribution in [3.63, 3.8) is 0 Å². The van der Waals surface area contributed by atoms with Gasteiger partial charge >= 0.3 is 0 Å². The van der Waals surface area contributed by atoms with Crippen LogP contribution < -0.4 is 10.5 Å². The molecule has 0 saturated heterocycles. The minimum Gasteiger partial charge on any atom is -0.399 e. The van der Waals surface area contributed by atoms with Gasteiger partial charge in [0, 0.05) is 5.69 Å². The summed E-state index contributed by atoms with van der Waals surface area (Å²) in [5, 5.41) is 0. The van der Waals surface area contributed by atoms with Gasteiger partial charge in [0.15, 0.2) is 0 Å². The monoisotopic (exact) mass is 290 g/mol. The van der Waals surface area contributed by atoms with Crippen LogP contribution in [0.1, 0.15) is 16.7 Å². The number of aryl methyl sites for hydroxylation is 3. The largest absolute Gasteiger partial charge is 0.399 e. The molecule has 0 atom stereocenters. The van der Waals surface area contributed by atoms with Crippen LogP contribution in [0.25, 0.3) is 0 Å². The predicted molar refractivity (Wildman–Crippen MR) is 82.3 cm³/mol. The van der Waals surface area contributed by atoms with E-state index >= 15 is 0 Å². The van der Waals surface area contributed by atoms with Crippen molar-refractivity contribution in [3.8, 4) is 0 Å². The summed E-state index contributed by atoms with van der Waals surface area (Å²) in [5.41, 5.74) is 9.24. The van der Waals surface area contributed by atoms with Crippen molar-refractivity contribution in [2.24, 2.45) is 0 Å². The van der Waals surface area contributed by atoms with Crippen molar-refractivity contribution in [1.29, 1.82) is 0 Å². The van der Waals surface area contributed by atoms with Gasteiger partial charge in [-0.1, -0.05) is 18.2 Å². The Morgan fingerprint density at radius 2 is 1.55 bits per heavy atom. The number of rotatable bonds is 3. The average molecular weight is 290 g/mol.